The van der Waals surface area contributed by atoms with E-state index in [1.165, 1.54) is 24.0 Å². The smallest absolute Gasteiger partial charge is 0.133 e. The van der Waals surface area contributed by atoms with Gasteiger partial charge in [-0.2, -0.15) is 0 Å². The van der Waals surface area contributed by atoms with Gasteiger partial charge >= 0.3 is 0 Å². The van der Waals surface area contributed by atoms with Crippen LogP contribution in [0.4, 0.5) is 0 Å². The first-order chi connectivity index (χ1) is 11.2. The van der Waals surface area contributed by atoms with Crippen LogP contribution in [-0.2, 0) is 6.54 Å². The van der Waals surface area contributed by atoms with Crippen LogP contribution in [0.3, 0.4) is 0 Å². The van der Waals surface area contributed by atoms with Gasteiger partial charge in [-0.05, 0) is 70.7 Å². The van der Waals surface area contributed by atoms with Crippen LogP contribution in [0.15, 0.2) is 46.9 Å². The molecule has 0 radical (unpaired) electrons. The van der Waals surface area contributed by atoms with Crippen molar-refractivity contribution in [3.8, 4) is 11.5 Å². The van der Waals surface area contributed by atoms with Crippen LogP contribution in [0.5, 0.6) is 11.5 Å². The Morgan fingerprint density at radius 3 is 2.52 bits per heavy atom. The summed E-state index contributed by atoms with van der Waals surface area (Å²) in [7, 11) is 3.40. The average molecular weight is 376 g/mol. The Hall–Kier alpha value is -1.52. The standard InChI is InChI=1S/C19H22BrNO2/c1-22-16-8-6-15(7-9-16)18-4-3-11-21(18)13-14-5-10-19(23-2)17(20)12-14/h5-10,12,18H,3-4,11,13H2,1-2H3/t18-/m1/s1. The largest absolute Gasteiger partial charge is 0.497 e. The Bertz CT molecular complexity index is 657. The van der Waals surface area contributed by atoms with Crippen molar-refractivity contribution in [3.05, 3.63) is 58.1 Å². The fraction of sp³-hybridized carbons (Fsp3) is 0.368. The van der Waals surface area contributed by atoms with Gasteiger partial charge in [0.15, 0.2) is 0 Å². The molecule has 2 aromatic rings. The first-order valence-corrected chi connectivity index (χ1v) is 8.71. The number of benzene rings is 2. The summed E-state index contributed by atoms with van der Waals surface area (Å²) in [4.78, 5) is 2.55. The monoisotopic (exact) mass is 375 g/mol. The minimum absolute atomic E-state index is 0.488. The number of likely N-dealkylation sites (tertiary alicyclic amines) is 1. The fourth-order valence-corrected chi connectivity index (χ4v) is 3.85. The van der Waals surface area contributed by atoms with E-state index in [1.807, 2.05) is 6.07 Å². The number of hydrogen-bond donors (Lipinski definition) is 0. The second-order valence-corrected chi connectivity index (χ2v) is 6.72. The van der Waals surface area contributed by atoms with Crippen LogP contribution in [0.25, 0.3) is 0 Å². The predicted octanol–water partition coefficient (Wildman–Crippen LogP) is 4.80. The molecular weight excluding hydrogens is 354 g/mol. The molecule has 0 bridgehead atoms. The molecule has 1 saturated heterocycles. The second kappa shape index (κ2) is 7.37. The third kappa shape index (κ3) is 3.70. The third-order valence-electron chi connectivity index (χ3n) is 4.47. The van der Waals surface area contributed by atoms with Crippen molar-refractivity contribution in [1.29, 1.82) is 0 Å². The SMILES string of the molecule is COc1ccc([C@H]2CCCN2Cc2ccc(OC)c(Br)c2)cc1. The van der Waals surface area contributed by atoms with E-state index in [9.17, 15) is 0 Å². The van der Waals surface area contributed by atoms with Gasteiger partial charge in [0, 0.05) is 12.6 Å². The molecule has 0 aromatic heterocycles. The number of hydrogen-bond acceptors (Lipinski definition) is 3. The zero-order valence-electron chi connectivity index (χ0n) is 13.6. The van der Waals surface area contributed by atoms with Gasteiger partial charge in [-0.1, -0.05) is 18.2 Å². The maximum atomic E-state index is 5.31. The Balaban J connectivity index is 1.74. The van der Waals surface area contributed by atoms with Gasteiger partial charge in [0.05, 0.1) is 18.7 Å². The fourth-order valence-electron chi connectivity index (χ4n) is 3.26. The van der Waals surface area contributed by atoms with E-state index in [0.29, 0.717) is 6.04 Å². The Labute approximate surface area is 146 Å². The minimum Gasteiger partial charge on any atom is -0.497 e. The molecule has 0 amide bonds. The van der Waals surface area contributed by atoms with Crippen molar-refractivity contribution in [2.75, 3.05) is 20.8 Å². The lowest BCUT2D eigenvalue weighted by atomic mass is 10.0. The van der Waals surface area contributed by atoms with Crippen LogP contribution in [0, 0.1) is 0 Å². The highest BCUT2D eigenvalue weighted by molar-refractivity contribution is 9.10. The van der Waals surface area contributed by atoms with Gasteiger partial charge in [0.25, 0.3) is 0 Å². The summed E-state index contributed by atoms with van der Waals surface area (Å²) in [5.41, 5.74) is 2.67. The van der Waals surface area contributed by atoms with Crippen LogP contribution < -0.4 is 9.47 Å². The van der Waals surface area contributed by atoms with Gasteiger partial charge in [0.2, 0.25) is 0 Å². The molecule has 0 unspecified atom stereocenters. The maximum Gasteiger partial charge on any atom is 0.133 e. The normalized spacial score (nSPS) is 18.1. The number of methoxy groups -OCH3 is 2. The topological polar surface area (TPSA) is 21.7 Å². The molecule has 122 valence electrons. The van der Waals surface area contributed by atoms with Crippen molar-refractivity contribution in [2.24, 2.45) is 0 Å². The minimum atomic E-state index is 0.488. The van der Waals surface area contributed by atoms with E-state index in [-0.39, 0.29) is 0 Å². The number of halogens is 1. The van der Waals surface area contributed by atoms with E-state index in [1.54, 1.807) is 14.2 Å². The molecule has 1 heterocycles. The average Bonchev–Trinajstić information content (AvgIpc) is 3.03. The summed E-state index contributed by atoms with van der Waals surface area (Å²) in [6.07, 6.45) is 2.46. The zero-order chi connectivity index (χ0) is 16.2. The molecule has 1 aliphatic rings. The van der Waals surface area contributed by atoms with E-state index in [0.717, 1.165) is 29.1 Å². The highest BCUT2D eigenvalue weighted by Crippen LogP contribution is 2.35. The quantitative estimate of drug-likeness (QED) is 0.748. The Kier molecular flexibility index (Phi) is 5.23. The number of ether oxygens (including phenoxy) is 2. The molecule has 23 heavy (non-hydrogen) atoms. The van der Waals surface area contributed by atoms with Gasteiger partial charge < -0.3 is 9.47 Å². The Morgan fingerprint density at radius 1 is 1.09 bits per heavy atom. The summed E-state index contributed by atoms with van der Waals surface area (Å²) >= 11 is 3.58. The zero-order valence-corrected chi connectivity index (χ0v) is 15.2. The van der Waals surface area contributed by atoms with Gasteiger partial charge in [-0.15, -0.1) is 0 Å². The summed E-state index contributed by atoms with van der Waals surface area (Å²) < 4.78 is 11.6. The van der Waals surface area contributed by atoms with Crippen molar-refractivity contribution in [1.82, 2.24) is 4.90 Å². The molecular formula is C19H22BrNO2. The lowest BCUT2D eigenvalue weighted by molar-refractivity contribution is 0.248. The van der Waals surface area contributed by atoms with Crippen molar-refractivity contribution in [3.63, 3.8) is 0 Å². The number of nitrogens with zero attached hydrogens (tertiary/aromatic N) is 1. The van der Waals surface area contributed by atoms with Gasteiger partial charge in [-0.3, -0.25) is 4.90 Å². The first-order valence-electron chi connectivity index (χ1n) is 7.91. The van der Waals surface area contributed by atoms with Crippen molar-refractivity contribution >= 4 is 15.9 Å². The van der Waals surface area contributed by atoms with Gasteiger partial charge in [-0.25, -0.2) is 0 Å². The van der Waals surface area contributed by atoms with E-state index >= 15 is 0 Å². The van der Waals surface area contributed by atoms with Crippen LogP contribution in [0.2, 0.25) is 0 Å². The molecule has 3 nitrogen and oxygen atoms in total. The van der Waals surface area contributed by atoms with E-state index < -0.39 is 0 Å². The molecule has 2 aromatic carbocycles. The summed E-state index contributed by atoms with van der Waals surface area (Å²) in [6.45, 7) is 2.10. The van der Waals surface area contributed by atoms with E-state index in [2.05, 4.69) is 57.2 Å². The second-order valence-electron chi connectivity index (χ2n) is 5.87. The molecule has 0 N–H and O–H groups in total. The lowest BCUT2D eigenvalue weighted by Crippen LogP contribution is -2.22. The van der Waals surface area contributed by atoms with Crippen LogP contribution in [-0.4, -0.2) is 25.7 Å². The first kappa shape index (κ1) is 16.3. The van der Waals surface area contributed by atoms with Gasteiger partial charge in [0.1, 0.15) is 11.5 Å². The van der Waals surface area contributed by atoms with Crippen molar-refractivity contribution < 1.29 is 9.47 Å². The Morgan fingerprint density at radius 2 is 1.87 bits per heavy atom. The highest BCUT2D eigenvalue weighted by atomic mass is 79.9. The molecule has 0 aliphatic carbocycles. The van der Waals surface area contributed by atoms with Crippen LogP contribution in [0.1, 0.15) is 30.0 Å². The summed E-state index contributed by atoms with van der Waals surface area (Å²) in [5.74, 6) is 1.79. The van der Waals surface area contributed by atoms with Crippen LogP contribution >= 0.6 is 15.9 Å². The molecule has 3 rings (SSSR count). The molecule has 4 heteroatoms. The number of rotatable bonds is 5. The molecule has 1 aliphatic heterocycles. The molecule has 0 saturated carbocycles. The summed E-state index contributed by atoms with van der Waals surface area (Å²) in [6, 6.07) is 15.3. The summed E-state index contributed by atoms with van der Waals surface area (Å²) in [5, 5.41) is 0. The predicted molar refractivity (Wildman–Crippen MR) is 96.1 cm³/mol. The van der Waals surface area contributed by atoms with Crippen molar-refractivity contribution in [2.45, 2.75) is 25.4 Å². The highest BCUT2D eigenvalue weighted by Gasteiger charge is 2.26. The molecule has 1 atom stereocenters. The molecule has 0 spiro atoms. The van der Waals surface area contributed by atoms with E-state index in [4.69, 9.17) is 9.47 Å². The maximum absolute atomic E-state index is 5.31. The molecule has 1 fully saturated rings. The lowest BCUT2D eigenvalue weighted by Gasteiger charge is -2.25. The third-order valence-corrected chi connectivity index (χ3v) is 5.09.